The second-order valence-corrected chi connectivity index (χ2v) is 10.1. The van der Waals surface area contributed by atoms with Gasteiger partial charge in [-0.05, 0) is 41.7 Å². The van der Waals surface area contributed by atoms with E-state index < -0.39 is 11.9 Å². The van der Waals surface area contributed by atoms with Crippen molar-refractivity contribution in [2.75, 3.05) is 41.1 Å². The number of cyclic esters (lactones) is 1. The Morgan fingerprint density at radius 3 is 2.49 bits per heavy atom. The van der Waals surface area contributed by atoms with Crippen LogP contribution in [0.15, 0.2) is 48.7 Å². The maximum absolute atomic E-state index is 14.7. The summed E-state index contributed by atoms with van der Waals surface area (Å²) in [5, 5.41) is 6.19. The van der Waals surface area contributed by atoms with Crippen molar-refractivity contribution >= 4 is 35.1 Å². The summed E-state index contributed by atoms with van der Waals surface area (Å²) in [7, 11) is 3.88. The van der Waals surface area contributed by atoms with Crippen LogP contribution in [0.2, 0.25) is 0 Å². The summed E-state index contributed by atoms with van der Waals surface area (Å²) >= 11 is 0. The van der Waals surface area contributed by atoms with Crippen LogP contribution >= 0.6 is 0 Å². The Labute approximate surface area is 228 Å². The number of hydrogen-bond donors (Lipinski definition) is 2. The Morgan fingerprint density at radius 1 is 1.15 bits per heavy atom. The first-order valence-corrected chi connectivity index (χ1v) is 13.1. The molecule has 39 heavy (non-hydrogen) atoms. The van der Waals surface area contributed by atoms with Gasteiger partial charge in [-0.3, -0.25) is 9.69 Å². The van der Waals surface area contributed by atoms with E-state index in [4.69, 9.17) is 4.74 Å². The van der Waals surface area contributed by atoms with Crippen LogP contribution in [0.3, 0.4) is 0 Å². The highest BCUT2D eigenvalue weighted by Gasteiger charge is 2.38. The summed E-state index contributed by atoms with van der Waals surface area (Å²) in [5.74, 6) is -0.545. The maximum atomic E-state index is 14.7. The third kappa shape index (κ3) is 6.10. The Hall–Kier alpha value is -4.21. The first-order valence-electron chi connectivity index (χ1n) is 13.1. The van der Waals surface area contributed by atoms with Crippen LogP contribution in [0.5, 0.6) is 0 Å². The molecule has 2 N–H and O–H groups in total. The fourth-order valence-corrected chi connectivity index (χ4v) is 4.45. The molecule has 0 bridgehead atoms. The fourth-order valence-electron chi connectivity index (χ4n) is 4.45. The molecule has 1 saturated heterocycles. The Balaban J connectivity index is 1.53. The van der Waals surface area contributed by atoms with E-state index in [2.05, 4.69) is 20.6 Å². The molecule has 0 unspecified atom stereocenters. The molecule has 1 aromatic heterocycles. The third-order valence-corrected chi connectivity index (χ3v) is 6.79. The van der Waals surface area contributed by atoms with Crippen LogP contribution in [-0.4, -0.2) is 48.7 Å². The standard InChI is InChI=1S/C29H35FN6O3/c1-7-26(37)33-23-14-21(12-13-24(23)35(5)6)20-10-8-19(9-11-20)18(4)32-28-31-15-22(30)27(34-28)36-25(17(2)3)16-39-29(36)38/h8-15,17-18,25H,7,16H2,1-6H3,(H,33,37)(H,31,32,34)/t18-,25+/m0/s1. The minimum Gasteiger partial charge on any atom is -0.447 e. The predicted octanol–water partition coefficient (Wildman–Crippen LogP) is 5.85. The van der Waals surface area contributed by atoms with E-state index >= 15 is 0 Å². The monoisotopic (exact) mass is 534 g/mol. The van der Waals surface area contributed by atoms with Crippen molar-refractivity contribution in [2.24, 2.45) is 5.92 Å². The van der Waals surface area contributed by atoms with Gasteiger partial charge in [0.15, 0.2) is 11.6 Å². The number of ether oxygens (including phenoxy) is 1. The zero-order chi connectivity index (χ0) is 28.3. The van der Waals surface area contributed by atoms with E-state index in [9.17, 15) is 14.0 Å². The number of rotatable bonds is 9. The summed E-state index contributed by atoms with van der Waals surface area (Å²) in [6.07, 6.45) is 0.850. The van der Waals surface area contributed by atoms with Gasteiger partial charge in [-0.2, -0.15) is 4.98 Å². The van der Waals surface area contributed by atoms with E-state index in [1.165, 1.54) is 4.90 Å². The van der Waals surface area contributed by atoms with Crippen molar-refractivity contribution in [2.45, 2.75) is 46.2 Å². The second-order valence-electron chi connectivity index (χ2n) is 10.1. The van der Waals surface area contributed by atoms with Crippen LogP contribution < -0.4 is 20.4 Å². The molecule has 0 aliphatic carbocycles. The molecule has 1 aliphatic heterocycles. The molecule has 9 nitrogen and oxygen atoms in total. The highest BCUT2D eigenvalue weighted by Crippen LogP contribution is 2.32. The van der Waals surface area contributed by atoms with Crippen LogP contribution in [0, 0.1) is 11.7 Å². The average molecular weight is 535 g/mol. The van der Waals surface area contributed by atoms with Crippen molar-refractivity contribution in [3.63, 3.8) is 0 Å². The molecule has 0 radical (unpaired) electrons. The van der Waals surface area contributed by atoms with E-state index in [0.29, 0.717) is 6.42 Å². The number of carbonyl (C=O) groups excluding carboxylic acids is 2. The zero-order valence-corrected chi connectivity index (χ0v) is 23.2. The second kappa shape index (κ2) is 11.7. The third-order valence-electron chi connectivity index (χ3n) is 6.79. The minimum atomic E-state index is -0.683. The summed E-state index contributed by atoms with van der Waals surface area (Å²) in [5.41, 5.74) is 4.63. The van der Waals surface area contributed by atoms with E-state index in [0.717, 1.165) is 34.3 Å². The first kappa shape index (κ1) is 27.8. The van der Waals surface area contributed by atoms with Gasteiger partial charge < -0.3 is 20.3 Å². The quantitative estimate of drug-likeness (QED) is 0.355. The smallest absolute Gasteiger partial charge is 0.416 e. The minimum absolute atomic E-state index is 0.0435. The number of nitrogens with one attached hydrogen (secondary N) is 2. The molecule has 10 heteroatoms. The number of amides is 2. The topological polar surface area (TPSA) is 99.7 Å². The molecule has 3 aromatic rings. The van der Waals surface area contributed by atoms with Crippen LogP contribution in [-0.2, 0) is 9.53 Å². The lowest BCUT2D eigenvalue weighted by Crippen LogP contribution is -2.38. The van der Waals surface area contributed by atoms with Gasteiger partial charge >= 0.3 is 6.09 Å². The lowest BCUT2D eigenvalue weighted by molar-refractivity contribution is -0.115. The summed E-state index contributed by atoms with van der Waals surface area (Å²) in [6.45, 7) is 7.86. The maximum Gasteiger partial charge on any atom is 0.416 e. The first-order chi connectivity index (χ1) is 18.6. The molecule has 0 spiro atoms. The Morgan fingerprint density at radius 2 is 1.85 bits per heavy atom. The van der Waals surface area contributed by atoms with Crippen molar-refractivity contribution in [3.05, 3.63) is 60.0 Å². The summed E-state index contributed by atoms with van der Waals surface area (Å²) in [4.78, 5) is 36.0. The highest BCUT2D eigenvalue weighted by atomic mass is 19.1. The molecular weight excluding hydrogens is 499 g/mol. The van der Waals surface area contributed by atoms with E-state index in [1.807, 2.05) is 89.2 Å². The molecule has 4 rings (SSSR count). The fraction of sp³-hybridized carbons (Fsp3) is 0.379. The van der Waals surface area contributed by atoms with Crippen LogP contribution in [0.4, 0.5) is 32.3 Å². The van der Waals surface area contributed by atoms with Crippen molar-refractivity contribution in [1.29, 1.82) is 0 Å². The summed E-state index contributed by atoms with van der Waals surface area (Å²) < 4.78 is 19.8. The van der Waals surface area contributed by atoms with Crippen molar-refractivity contribution in [3.8, 4) is 11.1 Å². The number of anilines is 4. The summed E-state index contributed by atoms with van der Waals surface area (Å²) in [6, 6.07) is 13.5. The van der Waals surface area contributed by atoms with Gasteiger partial charge in [-0.1, -0.05) is 51.1 Å². The Kier molecular flexibility index (Phi) is 8.32. The number of nitrogens with zero attached hydrogens (tertiary/aromatic N) is 4. The number of hydrogen-bond acceptors (Lipinski definition) is 7. The van der Waals surface area contributed by atoms with Gasteiger partial charge in [0.1, 0.15) is 6.61 Å². The molecule has 206 valence electrons. The molecule has 2 amide bonds. The van der Waals surface area contributed by atoms with Crippen LogP contribution in [0.1, 0.15) is 45.7 Å². The van der Waals surface area contributed by atoms with Crippen molar-refractivity contribution in [1.82, 2.24) is 9.97 Å². The molecule has 1 fully saturated rings. The number of carbonyl (C=O) groups is 2. The molecule has 2 heterocycles. The SMILES string of the molecule is CCC(=O)Nc1cc(-c2ccc([C@H](C)Nc3ncc(F)c(N4C(=O)OC[C@@H]4C(C)C)n3)cc2)ccc1N(C)C. The zero-order valence-electron chi connectivity index (χ0n) is 23.2. The highest BCUT2D eigenvalue weighted by molar-refractivity contribution is 5.95. The van der Waals surface area contributed by atoms with E-state index in [1.54, 1.807) is 0 Å². The van der Waals surface area contributed by atoms with Gasteiger partial charge in [-0.25, -0.2) is 14.2 Å². The van der Waals surface area contributed by atoms with Gasteiger partial charge in [-0.15, -0.1) is 0 Å². The van der Waals surface area contributed by atoms with Crippen LogP contribution in [0.25, 0.3) is 11.1 Å². The molecule has 1 aliphatic rings. The van der Waals surface area contributed by atoms with Gasteiger partial charge in [0, 0.05) is 20.5 Å². The molecule has 2 aromatic carbocycles. The van der Waals surface area contributed by atoms with Gasteiger partial charge in [0.2, 0.25) is 11.9 Å². The van der Waals surface area contributed by atoms with Gasteiger partial charge in [0.05, 0.1) is 29.7 Å². The largest absolute Gasteiger partial charge is 0.447 e. The molecule has 0 saturated carbocycles. The molecule has 2 atom stereocenters. The molecular formula is C29H35FN6O3. The number of benzene rings is 2. The van der Waals surface area contributed by atoms with Gasteiger partial charge in [0.25, 0.3) is 0 Å². The van der Waals surface area contributed by atoms with Crippen molar-refractivity contribution < 1.29 is 18.7 Å². The average Bonchev–Trinajstić information content (AvgIpc) is 3.31. The normalized spacial score (nSPS) is 15.7. The van der Waals surface area contributed by atoms with E-state index in [-0.39, 0.29) is 42.3 Å². The number of aromatic nitrogens is 2. The lowest BCUT2D eigenvalue weighted by Gasteiger charge is -2.24. The predicted molar refractivity (Wildman–Crippen MR) is 152 cm³/mol. The number of halogens is 1. The lowest BCUT2D eigenvalue weighted by atomic mass is 10.0. The Bertz CT molecular complexity index is 1350.